The first-order valence-electron chi connectivity index (χ1n) is 10.6. The van der Waals surface area contributed by atoms with E-state index in [1.54, 1.807) is 13.2 Å². The monoisotopic (exact) mass is 523 g/mol. The molecule has 1 fully saturated rings. The third-order valence-corrected chi connectivity index (χ3v) is 5.11. The highest BCUT2D eigenvalue weighted by Crippen LogP contribution is 2.13. The van der Waals surface area contributed by atoms with Gasteiger partial charge in [0.2, 0.25) is 5.88 Å². The predicted octanol–water partition coefficient (Wildman–Crippen LogP) is 3.95. The average molecular weight is 523 g/mol. The normalized spacial score (nSPS) is 14.7. The number of hydrogen-bond acceptors (Lipinski definition) is 4. The molecular formula is C23H34IN5O. The third-order valence-electron chi connectivity index (χ3n) is 5.11. The highest BCUT2D eigenvalue weighted by Gasteiger charge is 2.10. The highest BCUT2D eigenvalue weighted by molar-refractivity contribution is 14.0. The van der Waals surface area contributed by atoms with E-state index in [1.165, 1.54) is 43.5 Å². The smallest absolute Gasteiger partial charge is 0.213 e. The molecule has 0 atom stereocenters. The Balaban J connectivity index is 0.00000320. The molecule has 2 aromatic rings. The van der Waals surface area contributed by atoms with Crippen LogP contribution in [-0.2, 0) is 19.6 Å². The van der Waals surface area contributed by atoms with Gasteiger partial charge in [-0.1, -0.05) is 30.7 Å². The van der Waals surface area contributed by atoms with E-state index < -0.39 is 0 Å². The van der Waals surface area contributed by atoms with Gasteiger partial charge in [-0.05, 0) is 55.6 Å². The van der Waals surface area contributed by atoms with E-state index in [9.17, 15) is 0 Å². The first-order chi connectivity index (χ1) is 14.3. The molecule has 7 heteroatoms. The number of guanidine groups is 1. The minimum absolute atomic E-state index is 0. The molecule has 3 rings (SSSR count). The average Bonchev–Trinajstić information content (AvgIpc) is 2.76. The quantitative estimate of drug-likeness (QED) is 0.312. The molecule has 0 saturated carbocycles. The number of ether oxygens (including phenoxy) is 1. The van der Waals surface area contributed by atoms with Gasteiger partial charge in [-0.2, -0.15) is 0 Å². The van der Waals surface area contributed by atoms with Crippen molar-refractivity contribution in [2.45, 2.75) is 45.8 Å². The van der Waals surface area contributed by atoms with Crippen molar-refractivity contribution >= 4 is 29.9 Å². The number of hydrogen-bond donors (Lipinski definition) is 2. The van der Waals surface area contributed by atoms with E-state index in [4.69, 9.17) is 4.74 Å². The van der Waals surface area contributed by atoms with Crippen molar-refractivity contribution in [3.63, 3.8) is 0 Å². The molecule has 1 aromatic heterocycles. The second-order valence-corrected chi connectivity index (χ2v) is 7.37. The summed E-state index contributed by atoms with van der Waals surface area (Å²) in [5.74, 6) is 1.43. The summed E-state index contributed by atoms with van der Waals surface area (Å²) in [5.41, 5.74) is 3.74. The van der Waals surface area contributed by atoms with Crippen LogP contribution in [0.5, 0.6) is 5.88 Å². The molecule has 0 spiro atoms. The maximum atomic E-state index is 5.45. The van der Waals surface area contributed by atoms with Crippen molar-refractivity contribution in [2.24, 2.45) is 4.99 Å². The van der Waals surface area contributed by atoms with Crippen LogP contribution in [0.3, 0.4) is 0 Å². The van der Waals surface area contributed by atoms with Crippen molar-refractivity contribution in [2.75, 3.05) is 26.7 Å². The lowest BCUT2D eigenvalue weighted by atomic mass is 10.1. The molecule has 1 saturated heterocycles. The van der Waals surface area contributed by atoms with Crippen LogP contribution in [0.25, 0.3) is 0 Å². The van der Waals surface area contributed by atoms with Gasteiger partial charge in [0, 0.05) is 38.9 Å². The van der Waals surface area contributed by atoms with Crippen molar-refractivity contribution in [1.82, 2.24) is 20.5 Å². The zero-order chi connectivity index (χ0) is 20.3. The zero-order valence-electron chi connectivity index (χ0n) is 18.1. The number of nitrogens with zero attached hydrogens (tertiary/aromatic N) is 3. The molecule has 0 aliphatic carbocycles. The van der Waals surface area contributed by atoms with Crippen LogP contribution in [0.15, 0.2) is 47.6 Å². The van der Waals surface area contributed by atoms with Gasteiger partial charge in [0.15, 0.2) is 5.96 Å². The van der Waals surface area contributed by atoms with E-state index in [1.807, 2.05) is 19.1 Å². The summed E-state index contributed by atoms with van der Waals surface area (Å²) in [6, 6.07) is 12.8. The molecule has 6 nitrogen and oxygen atoms in total. The Morgan fingerprint density at radius 2 is 1.67 bits per heavy atom. The van der Waals surface area contributed by atoms with E-state index in [2.05, 4.69) is 49.8 Å². The van der Waals surface area contributed by atoms with Crippen LogP contribution >= 0.6 is 24.0 Å². The lowest BCUT2D eigenvalue weighted by Gasteiger charge is -2.26. The maximum absolute atomic E-state index is 5.45. The van der Waals surface area contributed by atoms with Gasteiger partial charge in [0.25, 0.3) is 0 Å². The second-order valence-electron chi connectivity index (χ2n) is 7.37. The van der Waals surface area contributed by atoms with E-state index >= 15 is 0 Å². The van der Waals surface area contributed by atoms with Crippen LogP contribution in [0.4, 0.5) is 0 Å². The fourth-order valence-corrected chi connectivity index (χ4v) is 3.52. The van der Waals surface area contributed by atoms with Crippen molar-refractivity contribution in [3.05, 3.63) is 59.3 Å². The summed E-state index contributed by atoms with van der Waals surface area (Å²) >= 11 is 0. The Morgan fingerprint density at radius 3 is 2.33 bits per heavy atom. The largest absolute Gasteiger partial charge is 0.478 e. The Labute approximate surface area is 197 Å². The standard InChI is InChI=1S/C23H33N5O.HI/c1-3-29-22-15-21(11-12-25-22)17-27-23(24-2)26-16-19-7-9-20(10-8-19)18-28-13-5-4-6-14-28;/h7-12,15H,3-6,13-14,16-18H2,1-2H3,(H2,24,26,27);1H. The Bertz CT molecular complexity index is 775. The minimum Gasteiger partial charge on any atom is -0.478 e. The van der Waals surface area contributed by atoms with Crippen LogP contribution < -0.4 is 15.4 Å². The van der Waals surface area contributed by atoms with Gasteiger partial charge in [0.1, 0.15) is 0 Å². The number of benzene rings is 1. The molecule has 0 bridgehead atoms. The summed E-state index contributed by atoms with van der Waals surface area (Å²) in [7, 11) is 1.79. The summed E-state index contributed by atoms with van der Waals surface area (Å²) < 4.78 is 5.45. The number of piperidine rings is 1. The number of pyridine rings is 1. The second kappa shape index (κ2) is 13.4. The number of likely N-dealkylation sites (tertiary alicyclic amines) is 1. The topological polar surface area (TPSA) is 61.8 Å². The fraction of sp³-hybridized carbons (Fsp3) is 0.478. The molecule has 0 unspecified atom stereocenters. The van der Waals surface area contributed by atoms with Gasteiger partial charge in [-0.15, -0.1) is 24.0 Å². The lowest BCUT2D eigenvalue weighted by molar-refractivity contribution is 0.221. The molecule has 0 radical (unpaired) electrons. The summed E-state index contributed by atoms with van der Waals surface area (Å²) in [6.45, 7) is 7.50. The molecule has 1 aliphatic heterocycles. The van der Waals surface area contributed by atoms with Gasteiger partial charge in [0.05, 0.1) is 6.61 Å². The van der Waals surface area contributed by atoms with Crippen molar-refractivity contribution in [3.8, 4) is 5.88 Å². The van der Waals surface area contributed by atoms with E-state index in [0.717, 1.165) is 24.6 Å². The Kier molecular flexibility index (Phi) is 10.9. The number of aliphatic imine (C=N–C) groups is 1. The van der Waals surface area contributed by atoms with Gasteiger partial charge >= 0.3 is 0 Å². The van der Waals surface area contributed by atoms with Gasteiger partial charge < -0.3 is 15.4 Å². The number of aromatic nitrogens is 1. The van der Waals surface area contributed by atoms with Crippen LogP contribution in [-0.4, -0.2) is 42.6 Å². The molecule has 2 heterocycles. The molecule has 30 heavy (non-hydrogen) atoms. The van der Waals surface area contributed by atoms with Gasteiger partial charge in [-0.25, -0.2) is 4.98 Å². The molecule has 1 aliphatic rings. The maximum Gasteiger partial charge on any atom is 0.213 e. The molecule has 2 N–H and O–H groups in total. The number of rotatable bonds is 8. The Hall–Kier alpha value is -1.87. The number of halogens is 1. The number of nitrogens with one attached hydrogen (secondary N) is 2. The SMILES string of the molecule is CCOc1cc(CNC(=NC)NCc2ccc(CN3CCCCC3)cc2)ccn1.I. The Morgan fingerprint density at radius 1 is 1.00 bits per heavy atom. The summed E-state index contributed by atoms with van der Waals surface area (Å²) in [6.07, 6.45) is 5.82. The molecular weight excluding hydrogens is 489 g/mol. The van der Waals surface area contributed by atoms with Crippen molar-refractivity contribution in [1.29, 1.82) is 0 Å². The van der Waals surface area contributed by atoms with Crippen LogP contribution in [0, 0.1) is 0 Å². The minimum atomic E-state index is 0. The summed E-state index contributed by atoms with van der Waals surface area (Å²) in [4.78, 5) is 11.1. The molecule has 164 valence electrons. The van der Waals surface area contributed by atoms with Crippen molar-refractivity contribution < 1.29 is 4.74 Å². The van der Waals surface area contributed by atoms with Gasteiger partial charge in [-0.3, -0.25) is 9.89 Å². The van der Waals surface area contributed by atoms with E-state index in [0.29, 0.717) is 19.0 Å². The third kappa shape index (κ3) is 8.10. The van der Waals surface area contributed by atoms with Crippen LogP contribution in [0.2, 0.25) is 0 Å². The summed E-state index contributed by atoms with van der Waals surface area (Å²) in [5, 5.41) is 6.72. The molecule has 1 aromatic carbocycles. The lowest BCUT2D eigenvalue weighted by Crippen LogP contribution is -2.36. The van der Waals surface area contributed by atoms with Crippen LogP contribution in [0.1, 0.15) is 42.9 Å². The van der Waals surface area contributed by atoms with E-state index in [-0.39, 0.29) is 24.0 Å². The molecule has 0 amide bonds. The fourth-order valence-electron chi connectivity index (χ4n) is 3.52. The first kappa shape index (κ1) is 24.4. The zero-order valence-corrected chi connectivity index (χ0v) is 20.4. The first-order valence-corrected chi connectivity index (χ1v) is 10.6. The predicted molar refractivity (Wildman–Crippen MR) is 133 cm³/mol. The highest BCUT2D eigenvalue weighted by atomic mass is 127.